The van der Waals surface area contributed by atoms with Gasteiger partial charge >= 0.3 is 0 Å². The fourth-order valence-electron chi connectivity index (χ4n) is 2.00. The summed E-state index contributed by atoms with van der Waals surface area (Å²) in [4.78, 5) is 10.9. The predicted molar refractivity (Wildman–Crippen MR) is 66.9 cm³/mol. The largest absolute Gasteiger partial charge is 0.396 e. The number of hydrogen-bond acceptors (Lipinski definition) is 4. The Hall–Kier alpha value is -1.67. The minimum atomic E-state index is -3.81. The number of nitrogens with two attached hydrogens (primary N) is 2. The van der Waals surface area contributed by atoms with Crippen molar-refractivity contribution in [3.05, 3.63) is 24.0 Å². The van der Waals surface area contributed by atoms with Gasteiger partial charge in [-0.2, -0.15) is 4.31 Å². The lowest BCUT2D eigenvalue weighted by Gasteiger charge is -2.16. The van der Waals surface area contributed by atoms with Crippen LogP contribution in [0.5, 0.6) is 0 Å². The molecule has 6 nitrogen and oxygen atoms in total. The Morgan fingerprint density at radius 2 is 2.11 bits per heavy atom. The maximum absolute atomic E-state index is 13.3. The van der Waals surface area contributed by atoms with Crippen molar-refractivity contribution < 1.29 is 17.6 Å². The summed E-state index contributed by atoms with van der Waals surface area (Å²) in [5.41, 5.74) is 10.3. The molecule has 0 saturated carbocycles. The van der Waals surface area contributed by atoms with E-state index in [1.165, 1.54) is 12.1 Å². The number of anilines is 1. The van der Waals surface area contributed by atoms with Crippen LogP contribution in [-0.4, -0.2) is 31.7 Å². The number of nitrogens with zero attached hydrogens (tertiary/aromatic N) is 1. The third-order valence-electron chi connectivity index (χ3n) is 3.16. The van der Waals surface area contributed by atoms with Crippen LogP contribution < -0.4 is 11.5 Å². The first-order valence-corrected chi connectivity index (χ1v) is 7.11. The van der Waals surface area contributed by atoms with Gasteiger partial charge in [0.25, 0.3) is 0 Å². The van der Waals surface area contributed by atoms with E-state index in [0.29, 0.717) is 6.42 Å². The third kappa shape index (κ3) is 2.54. The van der Waals surface area contributed by atoms with Gasteiger partial charge in [-0.05, 0) is 24.6 Å². The SMILES string of the molecule is NC(=O)C1CCN(S(=O)(=O)c2ccc(N)c(F)c2)C1. The summed E-state index contributed by atoms with van der Waals surface area (Å²) in [6.45, 7) is 0.228. The molecular weight excluding hydrogens is 273 g/mol. The minimum absolute atomic E-state index is 0.0314. The second kappa shape index (κ2) is 4.78. The first kappa shape index (κ1) is 13.8. The van der Waals surface area contributed by atoms with Crippen molar-refractivity contribution in [1.29, 1.82) is 0 Å². The molecular formula is C11H14FN3O3S. The standard InChI is InChI=1S/C11H14FN3O3S/c12-9-5-8(1-2-10(9)13)19(17,18)15-4-3-7(6-15)11(14)16/h1-2,5,7H,3-4,6,13H2,(H2,14,16). The molecule has 1 unspecified atom stereocenters. The molecule has 0 bridgehead atoms. The number of carbonyl (C=O) groups is 1. The molecule has 0 radical (unpaired) electrons. The molecule has 0 aliphatic carbocycles. The Labute approximate surface area is 110 Å². The van der Waals surface area contributed by atoms with E-state index in [1.54, 1.807) is 0 Å². The van der Waals surface area contributed by atoms with Gasteiger partial charge < -0.3 is 11.5 Å². The number of halogens is 1. The molecule has 1 amide bonds. The lowest BCUT2D eigenvalue weighted by atomic mass is 10.1. The van der Waals surface area contributed by atoms with Crippen LogP contribution >= 0.6 is 0 Å². The number of hydrogen-bond donors (Lipinski definition) is 2. The summed E-state index contributed by atoms with van der Waals surface area (Å²) >= 11 is 0. The molecule has 1 atom stereocenters. The van der Waals surface area contributed by atoms with E-state index in [0.717, 1.165) is 10.4 Å². The smallest absolute Gasteiger partial charge is 0.243 e. The van der Waals surface area contributed by atoms with E-state index in [-0.39, 0.29) is 23.7 Å². The van der Waals surface area contributed by atoms with Gasteiger partial charge in [-0.1, -0.05) is 0 Å². The van der Waals surface area contributed by atoms with Crippen molar-refractivity contribution in [2.45, 2.75) is 11.3 Å². The van der Waals surface area contributed by atoms with E-state index in [4.69, 9.17) is 11.5 Å². The van der Waals surface area contributed by atoms with Crippen LogP contribution in [0.4, 0.5) is 10.1 Å². The third-order valence-corrected chi connectivity index (χ3v) is 5.02. The fourth-order valence-corrected chi connectivity index (χ4v) is 3.51. The zero-order chi connectivity index (χ0) is 14.2. The highest BCUT2D eigenvalue weighted by atomic mass is 32.2. The fraction of sp³-hybridized carbons (Fsp3) is 0.364. The van der Waals surface area contributed by atoms with E-state index in [2.05, 4.69) is 0 Å². The summed E-state index contributed by atoms with van der Waals surface area (Å²) in [6, 6.07) is 3.32. The van der Waals surface area contributed by atoms with Crippen molar-refractivity contribution in [3.8, 4) is 0 Å². The minimum Gasteiger partial charge on any atom is -0.396 e. The Morgan fingerprint density at radius 3 is 2.63 bits per heavy atom. The van der Waals surface area contributed by atoms with Crippen LogP contribution in [0.15, 0.2) is 23.1 Å². The monoisotopic (exact) mass is 287 g/mol. The van der Waals surface area contributed by atoms with Crippen molar-refractivity contribution in [1.82, 2.24) is 4.31 Å². The Bertz CT molecular complexity index is 618. The topological polar surface area (TPSA) is 106 Å². The summed E-state index contributed by atoms with van der Waals surface area (Å²) < 4.78 is 38.9. The zero-order valence-corrected chi connectivity index (χ0v) is 10.9. The number of primary amides is 1. The number of rotatable bonds is 3. The predicted octanol–water partition coefficient (Wildman–Crippen LogP) is -0.0962. The normalized spacial score (nSPS) is 20.6. The molecule has 1 aromatic carbocycles. The summed E-state index contributed by atoms with van der Waals surface area (Å²) in [6.07, 6.45) is 0.381. The average molecular weight is 287 g/mol. The lowest BCUT2D eigenvalue weighted by Crippen LogP contribution is -2.31. The van der Waals surface area contributed by atoms with Gasteiger partial charge in [0.05, 0.1) is 16.5 Å². The van der Waals surface area contributed by atoms with Crippen molar-refractivity contribution in [2.24, 2.45) is 11.7 Å². The molecule has 2 rings (SSSR count). The maximum Gasteiger partial charge on any atom is 0.243 e. The van der Waals surface area contributed by atoms with Crippen molar-refractivity contribution in [2.75, 3.05) is 18.8 Å². The second-order valence-corrected chi connectivity index (χ2v) is 6.37. The van der Waals surface area contributed by atoms with Crippen LogP contribution in [0, 0.1) is 11.7 Å². The van der Waals surface area contributed by atoms with Gasteiger partial charge in [-0.15, -0.1) is 0 Å². The Balaban J connectivity index is 2.28. The van der Waals surface area contributed by atoms with Gasteiger partial charge in [0, 0.05) is 13.1 Å². The number of amides is 1. The van der Waals surface area contributed by atoms with Gasteiger partial charge in [-0.3, -0.25) is 4.79 Å². The quantitative estimate of drug-likeness (QED) is 0.757. The molecule has 1 heterocycles. The molecule has 1 aliphatic rings. The molecule has 8 heteroatoms. The first-order valence-electron chi connectivity index (χ1n) is 5.67. The van der Waals surface area contributed by atoms with E-state index in [9.17, 15) is 17.6 Å². The van der Waals surface area contributed by atoms with Crippen LogP contribution in [0.1, 0.15) is 6.42 Å². The van der Waals surface area contributed by atoms with E-state index >= 15 is 0 Å². The second-order valence-electron chi connectivity index (χ2n) is 4.43. The highest BCUT2D eigenvalue weighted by molar-refractivity contribution is 7.89. The number of nitrogen functional groups attached to an aromatic ring is 1. The molecule has 1 aliphatic heterocycles. The number of carbonyl (C=O) groups excluding carboxylic acids is 1. The Kier molecular flexibility index (Phi) is 3.46. The first-order chi connectivity index (χ1) is 8.82. The Morgan fingerprint density at radius 1 is 1.42 bits per heavy atom. The molecule has 0 spiro atoms. The molecule has 1 saturated heterocycles. The van der Waals surface area contributed by atoms with Crippen LogP contribution in [0.25, 0.3) is 0 Å². The van der Waals surface area contributed by atoms with Gasteiger partial charge in [0.15, 0.2) is 0 Å². The lowest BCUT2D eigenvalue weighted by molar-refractivity contribution is -0.121. The number of benzene rings is 1. The van der Waals surface area contributed by atoms with E-state index in [1.807, 2.05) is 0 Å². The van der Waals surface area contributed by atoms with E-state index < -0.39 is 27.7 Å². The highest BCUT2D eigenvalue weighted by Crippen LogP contribution is 2.25. The average Bonchev–Trinajstić information content (AvgIpc) is 2.82. The van der Waals surface area contributed by atoms with Crippen molar-refractivity contribution >= 4 is 21.6 Å². The summed E-state index contributed by atoms with van der Waals surface area (Å²) in [5.74, 6) is -1.80. The summed E-state index contributed by atoms with van der Waals surface area (Å²) in [7, 11) is -3.81. The van der Waals surface area contributed by atoms with Crippen LogP contribution in [-0.2, 0) is 14.8 Å². The van der Waals surface area contributed by atoms with Crippen LogP contribution in [0.3, 0.4) is 0 Å². The zero-order valence-electron chi connectivity index (χ0n) is 10.0. The van der Waals surface area contributed by atoms with Gasteiger partial charge in [0.1, 0.15) is 5.82 Å². The molecule has 104 valence electrons. The molecule has 1 aromatic rings. The van der Waals surface area contributed by atoms with Gasteiger partial charge in [-0.25, -0.2) is 12.8 Å². The molecule has 19 heavy (non-hydrogen) atoms. The molecule has 1 fully saturated rings. The molecule has 4 N–H and O–H groups in total. The number of sulfonamides is 1. The summed E-state index contributed by atoms with van der Waals surface area (Å²) in [5, 5.41) is 0. The maximum atomic E-state index is 13.3. The highest BCUT2D eigenvalue weighted by Gasteiger charge is 2.35. The van der Waals surface area contributed by atoms with Crippen LogP contribution in [0.2, 0.25) is 0 Å². The van der Waals surface area contributed by atoms with Crippen molar-refractivity contribution in [3.63, 3.8) is 0 Å². The van der Waals surface area contributed by atoms with Gasteiger partial charge in [0.2, 0.25) is 15.9 Å². The molecule has 0 aromatic heterocycles.